The molecule has 0 fully saturated rings. The molecule has 2 aromatic carbocycles. The molecule has 164 valence electrons. The predicted octanol–water partition coefficient (Wildman–Crippen LogP) is 3.04. The molecule has 0 spiro atoms. The first kappa shape index (κ1) is 23.8. The minimum atomic E-state index is -3.62. The first-order valence-electron chi connectivity index (χ1n) is 9.38. The van der Waals surface area contributed by atoms with Crippen molar-refractivity contribution in [2.24, 2.45) is 0 Å². The van der Waals surface area contributed by atoms with E-state index in [9.17, 15) is 21.6 Å². The van der Waals surface area contributed by atoms with E-state index >= 15 is 0 Å². The van der Waals surface area contributed by atoms with E-state index in [1.807, 2.05) is 0 Å². The minimum Gasteiger partial charge on any atom is -0.322 e. The Morgan fingerprint density at radius 1 is 1.03 bits per heavy atom. The molecule has 30 heavy (non-hydrogen) atoms. The molecule has 0 aromatic heterocycles. The summed E-state index contributed by atoms with van der Waals surface area (Å²) in [6.45, 7) is 6.83. The fraction of sp³-hybridized carbons (Fsp3) is 0.350. The Morgan fingerprint density at radius 2 is 1.63 bits per heavy atom. The van der Waals surface area contributed by atoms with Gasteiger partial charge in [-0.05, 0) is 75.7 Å². The molecule has 0 bridgehead atoms. The number of hydrogen-bond donors (Lipinski definition) is 2. The summed E-state index contributed by atoms with van der Waals surface area (Å²) in [6, 6.07) is 10.3. The van der Waals surface area contributed by atoms with E-state index in [4.69, 9.17) is 0 Å². The van der Waals surface area contributed by atoms with Crippen LogP contribution in [0.3, 0.4) is 0 Å². The molecule has 0 unspecified atom stereocenters. The van der Waals surface area contributed by atoms with E-state index in [2.05, 4.69) is 10.0 Å². The smallest absolute Gasteiger partial charge is 0.255 e. The van der Waals surface area contributed by atoms with Crippen molar-refractivity contribution in [1.29, 1.82) is 0 Å². The van der Waals surface area contributed by atoms with E-state index in [1.165, 1.54) is 35.6 Å². The standard InChI is InChI=1S/C20H27N3O5S2/c1-6-29(25,26)22-19-12-9-17(13-15(19)4)21-20(24)16-7-10-18(11-8-16)30(27,28)23(5)14(2)3/h7-14,22H,6H2,1-5H3,(H,21,24). The maximum atomic E-state index is 12.5. The lowest BCUT2D eigenvalue weighted by Gasteiger charge is -2.21. The van der Waals surface area contributed by atoms with E-state index in [0.717, 1.165) is 0 Å². The Morgan fingerprint density at radius 3 is 2.13 bits per heavy atom. The number of amides is 1. The van der Waals surface area contributed by atoms with Crippen LogP contribution in [0.1, 0.15) is 36.7 Å². The van der Waals surface area contributed by atoms with Gasteiger partial charge >= 0.3 is 0 Å². The van der Waals surface area contributed by atoms with Gasteiger partial charge in [0.05, 0.1) is 16.3 Å². The molecule has 0 aliphatic rings. The summed E-state index contributed by atoms with van der Waals surface area (Å²) in [5.74, 6) is -0.443. The Hall–Kier alpha value is -2.43. The molecule has 0 heterocycles. The largest absolute Gasteiger partial charge is 0.322 e. The van der Waals surface area contributed by atoms with Gasteiger partial charge in [0, 0.05) is 24.3 Å². The number of nitrogens with one attached hydrogen (secondary N) is 2. The lowest BCUT2D eigenvalue weighted by atomic mass is 10.1. The average Bonchev–Trinajstić information content (AvgIpc) is 2.69. The third-order valence-electron chi connectivity index (χ3n) is 4.65. The van der Waals surface area contributed by atoms with Gasteiger partial charge in [-0.3, -0.25) is 9.52 Å². The normalized spacial score (nSPS) is 12.2. The topological polar surface area (TPSA) is 113 Å². The first-order chi connectivity index (χ1) is 13.9. The van der Waals surface area contributed by atoms with Crippen molar-refractivity contribution in [1.82, 2.24) is 4.31 Å². The van der Waals surface area contributed by atoms with Crippen molar-refractivity contribution in [3.05, 3.63) is 53.6 Å². The average molecular weight is 454 g/mol. The third kappa shape index (κ3) is 5.59. The van der Waals surface area contributed by atoms with Gasteiger partial charge in [-0.2, -0.15) is 4.31 Å². The van der Waals surface area contributed by atoms with Gasteiger partial charge in [-0.15, -0.1) is 0 Å². The van der Waals surface area contributed by atoms with Crippen LogP contribution in [0.2, 0.25) is 0 Å². The maximum absolute atomic E-state index is 12.5. The maximum Gasteiger partial charge on any atom is 0.255 e. The van der Waals surface area contributed by atoms with Gasteiger partial charge in [-0.1, -0.05) is 0 Å². The van der Waals surface area contributed by atoms with Crippen LogP contribution in [-0.4, -0.2) is 45.9 Å². The Bertz CT molecular complexity index is 1130. The highest BCUT2D eigenvalue weighted by atomic mass is 32.2. The van der Waals surface area contributed by atoms with Crippen molar-refractivity contribution in [3.8, 4) is 0 Å². The van der Waals surface area contributed by atoms with Gasteiger partial charge in [0.25, 0.3) is 5.91 Å². The van der Waals surface area contributed by atoms with Crippen molar-refractivity contribution in [3.63, 3.8) is 0 Å². The number of nitrogens with zero attached hydrogens (tertiary/aromatic N) is 1. The molecule has 0 saturated heterocycles. The van der Waals surface area contributed by atoms with Gasteiger partial charge in [-0.25, -0.2) is 16.8 Å². The van der Waals surface area contributed by atoms with Gasteiger partial charge in [0.2, 0.25) is 20.0 Å². The highest BCUT2D eigenvalue weighted by Crippen LogP contribution is 2.22. The number of carbonyl (C=O) groups is 1. The fourth-order valence-electron chi connectivity index (χ4n) is 2.52. The second-order valence-electron chi connectivity index (χ2n) is 7.13. The fourth-order valence-corrected chi connectivity index (χ4v) is 4.60. The molecule has 0 aliphatic heterocycles. The number of benzene rings is 2. The lowest BCUT2D eigenvalue weighted by molar-refractivity contribution is 0.102. The molecule has 2 rings (SSSR count). The van der Waals surface area contributed by atoms with Crippen molar-refractivity contribution in [2.45, 2.75) is 38.6 Å². The Labute approximate surface area is 178 Å². The number of anilines is 2. The number of hydrogen-bond acceptors (Lipinski definition) is 5. The van der Waals surface area contributed by atoms with Crippen molar-refractivity contribution in [2.75, 3.05) is 22.8 Å². The molecule has 10 heteroatoms. The third-order valence-corrected chi connectivity index (χ3v) is 7.99. The van der Waals surface area contributed by atoms with E-state index in [-0.39, 0.29) is 16.7 Å². The minimum absolute atomic E-state index is 0.0381. The van der Waals surface area contributed by atoms with Crippen molar-refractivity contribution >= 4 is 37.3 Å². The van der Waals surface area contributed by atoms with Gasteiger partial charge in [0.15, 0.2) is 0 Å². The summed E-state index contributed by atoms with van der Waals surface area (Å²) in [6.07, 6.45) is 0. The Kier molecular flexibility index (Phi) is 7.27. The summed E-state index contributed by atoms with van der Waals surface area (Å²) in [7, 11) is -5.51. The zero-order valence-electron chi connectivity index (χ0n) is 17.6. The monoisotopic (exact) mass is 453 g/mol. The summed E-state index contributed by atoms with van der Waals surface area (Å²) in [5.41, 5.74) is 1.89. The second-order valence-corrected chi connectivity index (χ2v) is 11.1. The van der Waals surface area contributed by atoms with Crippen LogP contribution in [0.25, 0.3) is 0 Å². The molecular weight excluding hydrogens is 426 g/mol. The van der Waals surface area contributed by atoms with E-state index in [0.29, 0.717) is 22.5 Å². The van der Waals surface area contributed by atoms with Crippen LogP contribution >= 0.6 is 0 Å². The molecule has 1 amide bonds. The molecule has 2 aromatic rings. The summed E-state index contributed by atoms with van der Waals surface area (Å²) in [5, 5.41) is 2.73. The summed E-state index contributed by atoms with van der Waals surface area (Å²) >= 11 is 0. The summed E-state index contributed by atoms with van der Waals surface area (Å²) in [4.78, 5) is 12.6. The Balaban J connectivity index is 2.16. The number of aryl methyl sites for hydroxylation is 1. The SMILES string of the molecule is CCS(=O)(=O)Nc1ccc(NC(=O)c2ccc(S(=O)(=O)N(C)C(C)C)cc2)cc1C. The van der Waals surface area contributed by atoms with Gasteiger partial charge < -0.3 is 5.32 Å². The molecule has 0 atom stereocenters. The zero-order valence-corrected chi connectivity index (χ0v) is 19.3. The highest BCUT2D eigenvalue weighted by Gasteiger charge is 2.23. The molecule has 2 N–H and O–H groups in total. The predicted molar refractivity (Wildman–Crippen MR) is 119 cm³/mol. The van der Waals surface area contributed by atoms with Gasteiger partial charge in [0.1, 0.15) is 0 Å². The number of rotatable bonds is 8. The molecule has 0 saturated carbocycles. The van der Waals surface area contributed by atoms with Crippen LogP contribution in [0.5, 0.6) is 0 Å². The number of sulfonamides is 2. The lowest BCUT2D eigenvalue weighted by Crippen LogP contribution is -2.33. The van der Waals surface area contributed by atoms with Crippen LogP contribution < -0.4 is 10.0 Å². The molecule has 8 nitrogen and oxygen atoms in total. The van der Waals surface area contributed by atoms with Crippen molar-refractivity contribution < 1.29 is 21.6 Å². The molecule has 0 aliphatic carbocycles. The van der Waals surface area contributed by atoms with Crippen LogP contribution in [-0.2, 0) is 20.0 Å². The van der Waals surface area contributed by atoms with Crippen LogP contribution in [0.4, 0.5) is 11.4 Å². The number of carbonyl (C=O) groups excluding carboxylic acids is 1. The zero-order chi connectivity index (χ0) is 22.7. The van der Waals surface area contributed by atoms with Crippen LogP contribution in [0.15, 0.2) is 47.4 Å². The second kappa shape index (κ2) is 9.15. The molecular formula is C20H27N3O5S2. The summed E-state index contributed by atoms with van der Waals surface area (Å²) < 4.78 is 52.2. The quantitative estimate of drug-likeness (QED) is 0.638. The van der Waals surface area contributed by atoms with E-state index in [1.54, 1.807) is 45.9 Å². The highest BCUT2D eigenvalue weighted by molar-refractivity contribution is 7.92. The molecule has 0 radical (unpaired) electrons. The first-order valence-corrected chi connectivity index (χ1v) is 12.5. The van der Waals surface area contributed by atoms with E-state index < -0.39 is 26.0 Å². The van der Waals surface area contributed by atoms with Crippen LogP contribution in [0, 0.1) is 6.92 Å².